The number of unbranched alkanes of at least 4 members (excludes halogenated alkanes) is 1. The van der Waals surface area contributed by atoms with E-state index in [1.165, 1.54) is 0 Å². The van der Waals surface area contributed by atoms with Crippen LogP contribution >= 0.6 is 0 Å². The fourth-order valence-corrected chi connectivity index (χ4v) is 1.64. The van der Waals surface area contributed by atoms with E-state index >= 15 is 0 Å². The molecule has 112 valence electrons. The summed E-state index contributed by atoms with van der Waals surface area (Å²) in [6, 6.07) is 0. The highest BCUT2D eigenvalue weighted by molar-refractivity contribution is 5.97. The number of hydrogen-bond donors (Lipinski definition) is 2. The van der Waals surface area contributed by atoms with E-state index in [9.17, 15) is 22.8 Å². The lowest BCUT2D eigenvalue weighted by Crippen LogP contribution is -2.43. The molecule has 0 saturated carbocycles. The van der Waals surface area contributed by atoms with Crippen molar-refractivity contribution >= 4 is 11.9 Å². The highest BCUT2D eigenvalue weighted by Gasteiger charge is 2.37. The number of nitrogens with one attached hydrogen (secondary N) is 1. The van der Waals surface area contributed by atoms with Crippen LogP contribution in [-0.2, 0) is 9.59 Å². The van der Waals surface area contributed by atoms with Crippen LogP contribution in [0.3, 0.4) is 0 Å². The number of amides is 1. The first-order valence-electron chi connectivity index (χ1n) is 6.02. The molecule has 4 nitrogen and oxygen atoms in total. The fourth-order valence-electron chi connectivity index (χ4n) is 1.64. The summed E-state index contributed by atoms with van der Waals surface area (Å²) in [5, 5.41) is 11.3. The molecule has 0 aromatic rings. The van der Waals surface area contributed by atoms with Gasteiger partial charge in [-0.1, -0.05) is 20.8 Å². The standard InChI is InChI=1S/C12H20F3NO3/c1-11(2,3)8(10(18)19)9(17)16-7-5-4-6-12(13,14)15/h8H,4-7H2,1-3H3,(H,16,17)(H,18,19). The first kappa shape index (κ1) is 17.7. The molecule has 1 atom stereocenters. The summed E-state index contributed by atoms with van der Waals surface area (Å²) in [5.41, 5.74) is -0.748. The Hall–Kier alpha value is -1.27. The second kappa shape index (κ2) is 6.77. The lowest BCUT2D eigenvalue weighted by atomic mass is 9.80. The molecule has 1 unspecified atom stereocenters. The number of carbonyl (C=O) groups excluding carboxylic acids is 1. The number of carboxylic acids is 1. The maximum atomic E-state index is 11.9. The van der Waals surface area contributed by atoms with E-state index in [4.69, 9.17) is 5.11 Å². The first-order chi connectivity index (χ1) is 8.45. The molecule has 0 rings (SSSR count). The summed E-state index contributed by atoms with van der Waals surface area (Å²) < 4.78 is 35.6. The van der Waals surface area contributed by atoms with Crippen LogP contribution in [0, 0.1) is 11.3 Å². The van der Waals surface area contributed by atoms with Crippen LogP contribution in [0.15, 0.2) is 0 Å². The molecule has 19 heavy (non-hydrogen) atoms. The highest BCUT2D eigenvalue weighted by atomic mass is 19.4. The molecule has 0 saturated heterocycles. The van der Waals surface area contributed by atoms with Gasteiger partial charge in [-0.25, -0.2) is 0 Å². The van der Waals surface area contributed by atoms with E-state index in [2.05, 4.69) is 5.32 Å². The summed E-state index contributed by atoms with van der Waals surface area (Å²) >= 11 is 0. The minimum Gasteiger partial charge on any atom is -0.481 e. The number of aliphatic carboxylic acids is 1. The van der Waals surface area contributed by atoms with Crippen molar-refractivity contribution in [2.45, 2.75) is 46.2 Å². The van der Waals surface area contributed by atoms with Gasteiger partial charge in [0.05, 0.1) is 0 Å². The van der Waals surface area contributed by atoms with Gasteiger partial charge in [0.15, 0.2) is 0 Å². The topological polar surface area (TPSA) is 66.4 Å². The molecule has 7 heteroatoms. The lowest BCUT2D eigenvalue weighted by molar-refractivity contribution is -0.151. The molecule has 1 amide bonds. The Morgan fingerprint density at radius 3 is 2.05 bits per heavy atom. The van der Waals surface area contributed by atoms with Crippen LogP contribution in [0.2, 0.25) is 0 Å². The van der Waals surface area contributed by atoms with E-state index < -0.39 is 35.8 Å². The van der Waals surface area contributed by atoms with Gasteiger partial charge < -0.3 is 10.4 Å². The Balaban J connectivity index is 4.13. The Labute approximate surface area is 110 Å². The molecule has 0 spiro atoms. The van der Waals surface area contributed by atoms with Gasteiger partial charge >= 0.3 is 12.1 Å². The summed E-state index contributed by atoms with van der Waals surface area (Å²) in [7, 11) is 0. The van der Waals surface area contributed by atoms with Crippen molar-refractivity contribution in [3.05, 3.63) is 0 Å². The molecule has 0 aliphatic rings. The lowest BCUT2D eigenvalue weighted by Gasteiger charge is -2.25. The molecule has 0 fully saturated rings. The van der Waals surface area contributed by atoms with Gasteiger partial charge in [-0.2, -0.15) is 13.2 Å². The van der Waals surface area contributed by atoms with Crippen LogP contribution in [0.1, 0.15) is 40.0 Å². The van der Waals surface area contributed by atoms with E-state index in [1.807, 2.05) is 0 Å². The predicted octanol–water partition coefficient (Wildman–Crippen LogP) is 2.58. The molecular weight excluding hydrogens is 263 g/mol. The predicted molar refractivity (Wildman–Crippen MR) is 63.5 cm³/mol. The molecular formula is C12H20F3NO3. The van der Waals surface area contributed by atoms with Crippen molar-refractivity contribution in [2.24, 2.45) is 11.3 Å². The highest BCUT2D eigenvalue weighted by Crippen LogP contribution is 2.26. The number of carboxylic acid groups (broad SMARTS) is 1. The second-order valence-electron chi connectivity index (χ2n) is 5.50. The summed E-state index contributed by atoms with van der Waals surface area (Å²) in [6.07, 6.45) is -5.01. The van der Waals surface area contributed by atoms with Crippen LogP contribution in [0.4, 0.5) is 13.2 Å². The average Bonchev–Trinajstić information content (AvgIpc) is 2.11. The van der Waals surface area contributed by atoms with Gasteiger partial charge in [0.25, 0.3) is 0 Å². The molecule has 0 aliphatic heterocycles. The second-order valence-corrected chi connectivity index (χ2v) is 5.50. The smallest absolute Gasteiger partial charge is 0.389 e. The molecule has 0 aromatic carbocycles. The SMILES string of the molecule is CC(C)(C)C(C(=O)O)C(=O)NCCCCC(F)(F)F. The van der Waals surface area contributed by atoms with Gasteiger partial charge in [0.2, 0.25) is 5.91 Å². The van der Waals surface area contributed by atoms with E-state index in [1.54, 1.807) is 20.8 Å². The Morgan fingerprint density at radius 2 is 1.68 bits per heavy atom. The number of alkyl halides is 3. The summed E-state index contributed by atoms with van der Waals surface area (Å²) in [6.45, 7) is 4.91. The third kappa shape index (κ3) is 7.69. The average molecular weight is 283 g/mol. The van der Waals surface area contributed by atoms with Gasteiger partial charge in [-0.05, 0) is 18.3 Å². The normalized spacial score (nSPS) is 14.0. The minimum atomic E-state index is -4.20. The quantitative estimate of drug-likeness (QED) is 0.581. The van der Waals surface area contributed by atoms with Gasteiger partial charge in [0, 0.05) is 13.0 Å². The molecule has 0 heterocycles. The van der Waals surface area contributed by atoms with Gasteiger partial charge in [0.1, 0.15) is 5.92 Å². The van der Waals surface area contributed by atoms with E-state index in [-0.39, 0.29) is 19.4 Å². The third-order valence-electron chi connectivity index (χ3n) is 2.56. The molecule has 2 N–H and O–H groups in total. The third-order valence-corrected chi connectivity index (χ3v) is 2.56. The monoisotopic (exact) mass is 283 g/mol. The number of halogens is 3. The van der Waals surface area contributed by atoms with Crippen LogP contribution < -0.4 is 5.32 Å². The molecule has 0 bridgehead atoms. The van der Waals surface area contributed by atoms with Crippen molar-refractivity contribution in [3.8, 4) is 0 Å². The van der Waals surface area contributed by atoms with E-state index in [0.717, 1.165) is 0 Å². The largest absolute Gasteiger partial charge is 0.481 e. The zero-order valence-electron chi connectivity index (χ0n) is 11.3. The van der Waals surface area contributed by atoms with Crippen LogP contribution in [0.25, 0.3) is 0 Å². The molecule has 0 aromatic heterocycles. The van der Waals surface area contributed by atoms with Gasteiger partial charge in [-0.15, -0.1) is 0 Å². The summed E-state index contributed by atoms with van der Waals surface area (Å²) in [4.78, 5) is 22.7. The maximum Gasteiger partial charge on any atom is 0.389 e. The van der Waals surface area contributed by atoms with Crippen molar-refractivity contribution < 1.29 is 27.9 Å². The van der Waals surface area contributed by atoms with Crippen molar-refractivity contribution in [1.82, 2.24) is 5.32 Å². The number of carbonyl (C=O) groups is 2. The van der Waals surface area contributed by atoms with Crippen molar-refractivity contribution in [3.63, 3.8) is 0 Å². The maximum absolute atomic E-state index is 11.9. The van der Waals surface area contributed by atoms with Crippen LogP contribution in [-0.4, -0.2) is 29.7 Å². The minimum absolute atomic E-state index is 0.0504. The van der Waals surface area contributed by atoms with Crippen molar-refractivity contribution in [2.75, 3.05) is 6.54 Å². The Kier molecular flexibility index (Phi) is 6.32. The molecule has 0 radical (unpaired) electrons. The zero-order valence-corrected chi connectivity index (χ0v) is 11.3. The summed E-state index contributed by atoms with van der Waals surface area (Å²) in [5.74, 6) is -3.11. The van der Waals surface area contributed by atoms with Gasteiger partial charge in [-0.3, -0.25) is 9.59 Å². The Morgan fingerprint density at radius 1 is 1.16 bits per heavy atom. The van der Waals surface area contributed by atoms with Crippen molar-refractivity contribution in [1.29, 1.82) is 0 Å². The molecule has 0 aliphatic carbocycles. The number of hydrogen-bond acceptors (Lipinski definition) is 2. The first-order valence-corrected chi connectivity index (χ1v) is 6.02. The van der Waals surface area contributed by atoms with Crippen LogP contribution in [0.5, 0.6) is 0 Å². The van der Waals surface area contributed by atoms with E-state index in [0.29, 0.717) is 0 Å². The number of rotatable bonds is 6. The zero-order chi connectivity index (χ0) is 15.3. The fraction of sp³-hybridized carbons (Fsp3) is 0.833. The Bertz CT molecular complexity index is 321.